The summed E-state index contributed by atoms with van der Waals surface area (Å²) < 4.78 is -0.587. The first-order valence-corrected chi connectivity index (χ1v) is 15.2. The van der Waals surface area contributed by atoms with Gasteiger partial charge in [0.1, 0.15) is 12.1 Å². The molecule has 0 saturated carbocycles. The molecule has 0 radical (unpaired) electrons. The molecule has 0 aliphatic carbocycles. The van der Waals surface area contributed by atoms with Gasteiger partial charge >= 0.3 is 0 Å². The molecule has 1 fully saturated rings. The SMILES string of the molecule is CC1(C)S[C@H]([C@H](NC(=O)Cc2ccccc2)C(=O)NCc2ccccc2)N[C@H]1C(=O)N[C@H](CO)CCc1ccccc1. The Labute approximate surface area is 252 Å². The summed E-state index contributed by atoms with van der Waals surface area (Å²) in [7, 11) is 0. The zero-order valence-corrected chi connectivity index (χ0v) is 24.9. The minimum atomic E-state index is -0.918. The van der Waals surface area contributed by atoms with Crippen LogP contribution in [-0.2, 0) is 33.8 Å². The van der Waals surface area contributed by atoms with Crippen LogP contribution in [0.15, 0.2) is 91.0 Å². The summed E-state index contributed by atoms with van der Waals surface area (Å²) in [6.45, 7) is 4.02. The fourth-order valence-electron chi connectivity index (χ4n) is 5.01. The average molecular weight is 589 g/mol. The molecular weight excluding hydrogens is 548 g/mol. The van der Waals surface area contributed by atoms with Crippen LogP contribution in [0.4, 0.5) is 0 Å². The Hall–Kier alpha value is -3.66. The standard InChI is InChI=1S/C33H40N4O4S/c1-33(2)29(31(41)35-26(22-38)19-18-23-12-6-3-7-13-23)37-32(42-33)28(30(40)34-21-25-16-10-5-11-17-25)36-27(39)20-24-14-8-4-9-15-24/h3-17,26,28-29,32,37-38H,18-22H2,1-2H3,(H,34,40)(H,35,41)(H,36,39)/t26-,28+,29-,32+/m0/s1. The molecule has 4 rings (SSSR count). The second kappa shape index (κ2) is 15.0. The van der Waals surface area contributed by atoms with E-state index in [9.17, 15) is 19.5 Å². The van der Waals surface area contributed by atoms with Crippen LogP contribution in [0.25, 0.3) is 0 Å². The molecule has 3 amide bonds. The topological polar surface area (TPSA) is 120 Å². The molecule has 0 unspecified atom stereocenters. The van der Waals surface area contributed by atoms with Crippen molar-refractivity contribution >= 4 is 29.5 Å². The number of aryl methyl sites for hydroxylation is 1. The number of amides is 3. The summed E-state index contributed by atoms with van der Waals surface area (Å²) in [4.78, 5) is 40.1. The first kappa shape index (κ1) is 31.3. The lowest BCUT2D eigenvalue weighted by Gasteiger charge is -2.26. The van der Waals surface area contributed by atoms with Gasteiger partial charge in [0.25, 0.3) is 0 Å². The number of aliphatic hydroxyl groups excluding tert-OH is 1. The highest BCUT2D eigenvalue weighted by molar-refractivity contribution is 8.01. The molecular formula is C33H40N4O4S. The van der Waals surface area contributed by atoms with Crippen molar-refractivity contribution in [1.82, 2.24) is 21.3 Å². The van der Waals surface area contributed by atoms with Crippen molar-refractivity contribution < 1.29 is 19.5 Å². The largest absolute Gasteiger partial charge is 0.394 e. The Balaban J connectivity index is 1.44. The summed E-state index contributed by atoms with van der Waals surface area (Å²) in [6, 6.07) is 26.9. The monoisotopic (exact) mass is 588 g/mol. The quantitative estimate of drug-likeness (QED) is 0.210. The molecule has 1 aliphatic heterocycles. The highest BCUT2D eigenvalue weighted by Gasteiger charge is 2.49. The number of thioether (sulfide) groups is 1. The molecule has 3 aromatic rings. The molecule has 3 aromatic carbocycles. The number of aliphatic hydroxyl groups is 1. The molecule has 5 N–H and O–H groups in total. The highest BCUT2D eigenvalue weighted by Crippen LogP contribution is 2.39. The molecule has 42 heavy (non-hydrogen) atoms. The van der Waals surface area contributed by atoms with E-state index in [4.69, 9.17) is 0 Å². The molecule has 222 valence electrons. The van der Waals surface area contributed by atoms with Gasteiger partial charge in [-0.2, -0.15) is 0 Å². The predicted octanol–water partition coefficient (Wildman–Crippen LogP) is 2.95. The number of benzene rings is 3. The number of carbonyl (C=O) groups is 3. The maximum atomic E-state index is 13.5. The Bertz CT molecular complexity index is 1310. The van der Waals surface area contributed by atoms with E-state index in [-0.39, 0.29) is 30.7 Å². The first-order chi connectivity index (χ1) is 20.2. The van der Waals surface area contributed by atoms with Gasteiger partial charge in [-0.05, 0) is 43.4 Å². The van der Waals surface area contributed by atoms with Crippen LogP contribution in [0.5, 0.6) is 0 Å². The van der Waals surface area contributed by atoms with E-state index >= 15 is 0 Å². The van der Waals surface area contributed by atoms with E-state index in [2.05, 4.69) is 21.3 Å². The van der Waals surface area contributed by atoms with Crippen LogP contribution in [0.2, 0.25) is 0 Å². The third-order valence-electron chi connectivity index (χ3n) is 7.33. The number of hydrogen-bond donors (Lipinski definition) is 5. The van der Waals surface area contributed by atoms with E-state index in [1.165, 1.54) is 11.8 Å². The van der Waals surface area contributed by atoms with Crippen LogP contribution >= 0.6 is 11.8 Å². The van der Waals surface area contributed by atoms with Crippen LogP contribution < -0.4 is 21.3 Å². The Kier molecular flexibility index (Phi) is 11.2. The predicted molar refractivity (Wildman–Crippen MR) is 167 cm³/mol. The zero-order valence-electron chi connectivity index (χ0n) is 24.1. The summed E-state index contributed by atoms with van der Waals surface area (Å²) in [6.07, 6.45) is 1.45. The van der Waals surface area contributed by atoms with Gasteiger partial charge in [-0.25, -0.2) is 0 Å². The molecule has 0 bridgehead atoms. The van der Waals surface area contributed by atoms with Crippen LogP contribution in [0.3, 0.4) is 0 Å². The summed E-state index contributed by atoms with van der Waals surface area (Å²) in [5.41, 5.74) is 2.92. The van der Waals surface area contributed by atoms with Crippen LogP contribution in [0.1, 0.15) is 37.0 Å². The van der Waals surface area contributed by atoms with Gasteiger partial charge in [-0.15, -0.1) is 11.8 Å². The van der Waals surface area contributed by atoms with Gasteiger partial charge in [0.15, 0.2) is 0 Å². The minimum absolute atomic E-state index is 0.133. The van der Waals surface area contributed by atoms with Gasteiger partial charge in [-0.1, -0.05) is 91.0 Å². The Morgan fingerprint density at radius 1 is 0.857 bits per heavy atom. The van der Waals surface area contributed by atoms with E-state index in [0.29, 0.717) is 13.0 Å². The normalized spacial score (nSPS) is 18.9. The Morgan fingerprint density at radius 2 is 1.43 bits per heavy atom. The smallest absolute Gasteiger partial charge is 0.245 e. The Morgan fingerprint density at radius 3 is 2.02 bits per heavy atom. The lowest BCUT2D eigenvalue weighted by Crippen LogP contribution is -2.58. The van der Waals surface area contributed by atoms with Gasteiger partial charge in [-0.3, -0.25) is 19.7 Å². The third kappa shape index (κ3) is 8.92. The zero-order chi connectivity index (χ0) is 30.0. The molecule has 0 spiro atoms. The van der Waals surface area contributed by atoms with Crippen molar-refractivity contribution in [3.8, 4) is 0 Å². The third-order valence-corrected chi connectivity index (χ3v) is 8.83. The van der Waals surface area contributed by atoms with Crippen molar-refractivity contribution in [3.05, 3.63) is 108 Å². The minimum Gasteiger partial charge on any atom is -0.394 e. The first-order valence-electron chi connectivity index (χ1n) is 14.3. The van der Waals surface area contributed by atoms with Crippen molar-refractivity contribution in [2.45, 2.75) is 67.9 Å². The van der Waals surface area contributed by atoms with Crippen molar-refractivity contribution in [2.24, 2.45) is 0 Å². The second-order valence-corrected chi connectivity index (χ2v) is 12.9. The molecule has 1 saturated heterocycles. The van der Waals surface area contributed by atoms with E-state index in [0.717, 1.165) is 23.1 Å². The van der Waals surface area contributed by atoms with E-state index in [1.54, 1.807) is 0 Å². The summed E-state index contributed by atoms with van der Waals surface area (Å²) >= 11 is 1.45. The molecule has 0 aromatic heterocycles. The highest BCUT2D eigenvalue weighted by atomic mass is 32.2. The average Bonchev–Trinajstić information content (AvgIpc) is 3.32. The molecule has 9 heteroatoms. The molecule has 1 aliphatic rings. The van der Waals surface area contributed by atoms with Gasteiger partial charge in [0, 0.05) is 11.3 Å². The number of nitrogens with one attached hydrogen (secondary N) is 4. The van der Waals surface area contributed by atoms with Gasteiger partial charge < -0.3 is 21.1 Å². The van der Waals surface area contributed by atoms with Gasteiger partial charge in [0.2, 0.25) is 17.7 Å². The maximum Gasteiger partial charge on any atom is 0.245 e. The lowest BCUT2D eigenvalue weighted by molar-refractivity contribution is -0.129. The maximum absolute atomic E-state index is 13.5. The molecule has 8 nitrogen and oxygen atoms in total. The van der Waals surface area contributed by atoms with Crippen molar-refractivity contribution in [2.75, 3.05) is 6.61 Å². The number of carbonyl (C=O) groups excluding carboxylic acids is 3. The molecule has 1 heterocycles. The van der Waals surface area contributed by atoms with Crippen molar-refractivity contribution in [1.29, 1.82) is 0 Å². The van der Waals surface area contributed by atoms with Crippen molar-refractivity contribution in [3.63, 3.8) is 0 Å². The van der Waals surface area contributed by atoms with Crippen LogP contribution in [-0.4, -0.2) is 57.7 Å². The fraction of sp³-hybridized carbons (Fsp3) is 0.364. The van der Waals surface area contributed by atoms with Crippen LogP contribution in [0, 0.1) is 0 Å². The van der Waals surface area contributed by atoms with E-state index < -0.39 is 28.2 Å². The lowest BCUT2D eigenvalue weighted by atomic mass is 10.0. The van der Waals surface area contributed by atoms with E-state index in [1.807, 2.05) is 105 Å². The summed E-state index contributed by atoms with van der Waals surface area (Å²) in [5.74, 6) is -0.866. The second-order valence-electron chi connectivity index (χ2n) is 11.1. The van der Waals surface area contributed by atoms with Gasteiger partial charge in [0.05, 0.1) is 24.4 Å². The number of hydrogen-bond acceptors (Lipinski definition) is 6. The molecule has 4 atom stereocenters. The number of rotatable bonds is 13. The fourth-order valence-corrected chi connectivity index (χ4v) is 6.51. The summed E-state index contributed by atoms with van der Waals surface area (Å²) in [5, 5.41) is 21.6.